The number of hydrogen-bond donors (Lipinski definition) is 0. The van der Waals surface area contributed by atoms with Crippen LogP contribution in [0.4, 0.5) is 0 Å². The lowest BCUT2D eigenvalue weighted by Crippen LogP contribution is -2.17. The van der Waals surface area contributed by atoms with Gasteiger partial charge in [0.1, 0.15) is 0 Å². The van der Waals surface area contributed by atoms with E-state index in [1.165, 1.54) is 6.42 Å². The zero-order valence-corrected chi connectivity index (χ0v) is 7.63. The molecule has 2 nitrogen and oxygen atoms in total. The van der Waals surface area contributed by atoms with Crippen LogP contribution in [0.15, 0.2) is 4.99 Å². The molecule has 1 rings (SSSR count). The Hall–Kier alpha value is -0.370. The minimum absolute atomic E-state index is 0.317. The van der Waals surface area contributed by atoms with Crippen LogP contribution in [0, 0.1) is 0 Å². The van der Waals surface area contributed by atoms with E-state index >= 15 is 0 Å². The number of ether oxygens (including phenoxy) is 1. The Morgan fingerprint density at radius 3 is 2.73 bits per heavy atom. The maximum atomic E-state index is 5.48. The average Bonchev–Trinajstić information content (AvgIpc) is 2.35. The van der Waals surface area contributed by atoms with Crippen molar-refractivity contribution < 1.29 is 4.74 Å². The SMILES string of the molecule is CC(=NC(C)C)C1CCCO1. The van der Waals surface area contributed by atoms with Gasteiger partial charge >= 0.3 is 0 Å². The Morgan fingerprint density at radius 1 is 1.55 bits per heavy atom. The molecule has 0 N–H and O–H groups in total. The summed E-state index contributed by atoms with van der Waals surface area (Å²) >= 11 is 0. The zero-order chi connectivity index (χ0) is 8.27. The Bertz CT molecular complexity index is 146. The van der Waals surface area contributed by atoms with Crippen molar-refractivity contribution in [2.45, 2.75) is 45.8 Å². The van der Waals surface area contributed by atoms with Gasteiger partial charge in [-0.25, -0.2) is 0 Å². The monoisotopic (exact) mass is 155 g/mol. The van der Waals surface area contributed by atoms with Gasteiger partial charge in [-0.05, 0) is 33.6 Å². The molecule has 2 heteroatoms. The first kappa shape index (κ1) is 8.72. The molecule has 0 radical (unpaired) electrons. The first-order valence-corrected chi connectivity index (χ1v) is 4.36. The van der Waals surface area contributed by atoms with E-state index in [2.05, 4.69) is 25.8 Å². The predicted molar refractivity (Wildman–Crippen MR) is 47.2 cm³/mol. The molecule has 1 saturated heterocycles. The maximum absolute atomic E-state index is 5.48. The third-order valence-corrected chi connectivity index (χ3v) is 1.86. The van der Waals surface area contributed by atoms with Gasteiger partial charge in [0.15, 0.2) is 0 Å². The standard InChI is InChI=1S/C9H17NO/c1-7(2)10-8(3)9-5-4-6-11-9/h7,9H,4-6H2,1-3H3. The first-order valence-electron chi connectivity index (χ1n) is 4.36. The average molecular weight is 155 g/mol. The van der Waals surface area contributed by atoms with Gasteiger partial charge in [0, 0.05) is 18.4 Å². The molecule has 64 valence electrons. The van der Waals surface area contributed by atoms with E-state index in [1.54, 1.807) is 0 Å². The first-order chi connectivity index (χ1) is 5.20. The molecule has 1 fully saturated rings. The lowest BCUT2D eigenvalue weighted by atomic mass is 10.1. The summed E-state index contributed by atoms with van der Waals surface area (Å²) in [5, 5.41) is 0. The second-order valence-electron chi connectivity index (χ2n) is 3.37. The Kier molecular flexibility index (Phi) is 3.06. The molecule has 0 saturated carbocycles. The van der Waals surface area contributed by atoms with Crippen LogP contribution in [0.3, 0.4) is 0 Å². The molecule has 0 aromatic carbocycles. The summed E-state index contributed by atoms with van der Waals surface area (Å²) in [6.45, 7) is 7.17. The normalized spacial score (nSPS) is 26.5. The van der Waals surface area contributed by atoms with Crippen molar-refractivity contribution >= 4 is 5.71 Å². The molecule has 0 bridgehead atoms. The molecule has 1 aliphatic heterocycles. The Balaban J connectivity index is 2.45. The highest BCUT2D eigenvalue weighted by molar-refractivity contribution is 5.86. The summed E-state index contributed by atoms with van der Waals surface area (Å²) < 4.78 is 5.48. The number of rotatable bonds is 2. The lowest BCUT2D eigenvalue weighted by molar-refractivity contribution is 0.157. The van der Waals surface area contributed by atoms with Crippen LogP contribution in [0.1, 0.15) is 33.6 Å². The van der Waals surface area contributed by atoms with E-state index in [-0.39, 0.29) is 0 Å². The minimum Gasteiger partial charge on any atom is -0.372 e. The van der Waals surface area contributed by atoms with E-state index in [0.29, 0.717) is 12.1 Å². The molecular weight excluding hydrogens is 138 g/mol. The van der Waals surface area contributed by atoms with E-state index in [9.17, 15) is 0 Å². The number of aliphatic imine (C=N–C) groups is 1. The fourth-order valence-electron chi connectivity index (χ4n) is 1.40. The molecule has 1 atom stereocenters. The highest BCUT2D eigenvalue weighted by Gasteiger charge is 2.17. The van der Waals surface area contributed by atoms with Crippen molar-refractivity contribution in [3.05, 3.63) is 0 Å². The third kappa shape index (κ3) is 2.62. The van der Waals surface area contributed by atoms with Gasteiger partial charge in [0.25, 0.3) is 0 Å². The summed E-state index contributed by atoms with van der Waals surface area (Å²) in [4.78, 5) is 4.45. The van der Waals surface area contributed by atoms with Gasteiger partial charge in [-0.15, -0.1) is 0 Å². The third-order valence-electron chi connectivity index (χ3n) is 1.86. The maximum Gasteiger partial charge on any atom is 0.0949 e. The smallest absolute Gasteiger partial charge is 0.0949 e. The molecule has 0 aromatic heterocycles. The molecule has 0 aromatic rings. The van der Waals surface area contributed by atoms with Crippen LogP contribution in [0.2, 0.25) is 0 Å². The van der Waals surface area contributed by atoms with Crippen LogP contribution in [-0.2, 0) is 4.74 Å². The molecule has 0 aliphatic carbocycles. The number of nitrogens with zero attached hydrogens (tertiary/aromatic N) is 1. The van der Waals surface area contributed by atoms with Crippen molar-refractivity contribution in [2.24, 2.45) is 4.99 Å². The molecule has 11 heavy (non-hydrogen) atoms. The quantitative estimate of drug-likeness (QED) is 0.559. The minimum atomic E-state index is 0.317. The van der Waals surface area contributed by atoms with Gasteiger partial charge < -0.3 is 4.74 Å². The second-order valence-corrected chi connectivity index (χ2v) is 3.37. The van der Waals surface area contributed by atoms with Crippen LogP contribution in [-0.4, -0.2) is 24.5 Å². The van der Waals surface area contributed by atoms with Crippen LogP contribution < -0.4 is 0 Å². The van der Waals surface area contributed by atoms with Crippen LogP contribution in [0.25, 0.3) is 0 Å². The predicted octanol–water partition coefficient (Wildman–Crippen LogP) is 2.03. The van der Waals surface area contributed by atoms with Crippen LogP contribution >= 0.6 is 0 Å². The number of hydrogen-bond acceptors (Lipinski definition) is 2. The van der Waals surface area contributed by atoms with Gasteiger partial charge in [-0.2, -0.15) is 0 Å². The van der Waals surface area contributed by atoms with Gasteiger partial charge in [-0.3, -0.25) is 4.99 Å². The largest absolute Gasteiger partial charge is 0.372 e. The molecular formula is C9H17NO. The topological polar surface area (TPSA) is 21.6 Å². The summed E-state index contributed by atoms with van der Waals surface area (Å²) in [5.41, 5.74) is 1.16. The van der Waals surface area contributed by atoms with Gasteiger partial charge in [0.05, 0.1) is 6.10 Å². The van der Waals surface area contributed by atoms with Gasteiger partial charge in [0.2, 0.25) is 0 Å². The summed E-state index contributed by atoms with van der Waals surface area (Å²) in [5.74, 6) is 0. The molecule has 0 spiro atoms. The Morgan fingerprint density at radius 2 is 2.27 bits per heavy atom. The van der Waals surface area contributed by atoms with E-state index in [4.69, 9.17) is 4.74 Å². The van der Waals surface area contributed by atoms with Crippen LogP contribution in [0.5, 0.6) is 0 Å². The highest BCUT2D eigenvalue weighted by Crippen LogP contribution is 2.13. The summed E-state index contributed by atoms with van der Waals surface area (Å²) in [6, 6.07) is 0.402. The van der Waals surface area contributed by atoms with E-state index in [0.717, 1.165) is 18.7 Å². The second kappa shape index (κ2) is 3.86. The fourth-order valence-corrected chi connectivity index (χ4v) is 1.40. The molecule has 0 amide bonds. The summed E-state index contributed by atoms with van der Waals surface area (Å²) in [7, 11) is 0. The van der Waals surface area contributed by atoms with Crippen molar-refractivity contribution in [3.8, 4) is 0 Å². The summed E-state index contributed by atoms with van der Waals surface area (Å²) in [6.07, 6.45) is 2.66. The Labute approximate surface area is 68.7 Å². The van der Waals surface area contributed by atoms with Crippen molar-refractivity contribution in [1.82, 2.24) is 0 Å². The van der Waals surface area contributed by atoms with Crippen molar-refractivity contribution in [3.63, 3.8) is 0 Å². The van der Waals surface area contributed by atoms with E-state index < -0.39 is 0 Å². The van der Waals surface area contributed by atoms with Crippen molar-refractivity contribution in [1.29, 1.82) is 0 Å². The molecule has 1 unspecified atom stereocenters. The van der Waals surface area contributed by atoms with Gasteiger partial charge in [-0.1, -0.05) is 0 Å². The van der Waals surface area contributed by atoms with Crippen molar-refractivity contribution in [2.75, 3.05) is 6.61 Å². The molecule has 1 aliphatic rings. The highest BCUT2D eigenvalue weighted by atomic mass is 16.5. The fraction of sp³-hybridized carbons (Fsp3) is 0.889. The molecule has 1 heterocycles. The zero-order valence-electron chi connectivity index (χ0n) is 7.63. The van der Waals surface area contributed by atoms with E-state index in [1.807, 2.05) is 0 Å². The lowest BCUT2D eigenvalue weighted by Gasteiger charge is -2.09.